The first kappa shape index (κ1) is 21.2. The third kappa shape index (κ3) is 6.88. The van der Waals surface area contributed by atoms with E-state index < -0.39 is 11.8 Å². The van der Waals surface area contributed by atoms with E-state index in [1.54, 1.807) is 12.1 Å². The predicted molar refractivity (Wildman–Crippen MR) is 110 cm³/mol. The van der Waals surface area contributed by atoms with Crippen LogP contribution in [0.2, 0.25) is 0 Å². The van der Waals surface area contributed by atoms with E-state index in [2.05, 4.69) is 49.6 Å². The number of halogens is 2. The normalized spacial score (nSPS) is 10.2. The molecule has 2 rings (SSSR count). The van der Waals surface area contributed by atoms with E-state index in [9.17, 15) is 9.59 Å². The second kappa shape index (κ2) is 10.3. The van der Waals surface area contributed by atoms with Gasteiger partial charge in [-0.15, -0.1) is 0 Å². The van der Waals surface area contributed by atoms with Crippen LogP contribution < -0.4 is 20.3 Å². The molecule has 8 heteroatoms. The fourth-order valence-electron chi connectivity index (χ4n) is 2.19. The summed E-state index contributed by atoms with van der Waals surface area (Å²) < 4.78 is 12.5. The molecule has 0 radical (unpaired) electrons. The second-order valence-electron chi connectivity index (χ2n) is 5.70. The minimum absolute atomic E-state index is 0.204. The lowest BCUT2D eigenvalue weighted by Crippen LogP contribution is -2.45. The number of carbonyl (C=O) groups is 2. The summed E-state index contributed by atoms with van der Waals surface area (Å²) in [5.41, 5.74) is 6.63. The zero-order chi connectivity index (χ0) is 19.8. The van der Waals surface area contributed by atoms with E-state index in [-0.39, 0.29) is 13.2 Å². The highest BCUT2D eigenvalue weighted by molar-refractivity contribution is 9.11. The number of aryl methyl sites for hydroxylation is 2. The molecule has 0 unspecified atom stereocenters. The molecule has 0 saturated heterocycles. The summed E-state index contributed by atoms with van der Waals surface area (Å²) in [5, 5.41) is 0. The number of benzene rings is 2. The van der Waals surface area contributed by atoms with Gasteiger partial charge in [-0.1, -0.05) is 35.0 Å². The molecular weight excluding hydrogens is 480 g/mol. The maximum Gasteiger partial charge on any atom is 0.276 e. The van der Waals surface area contributed by atoms with E-state index in [1.807, 2.05) is 31.2 Å². The van der Waals surface area contributed by atoms with Gasteiger partial charge in [0.05, 0.1) is 4.47 Å². The molecule has 2 amide bonds. The van der Waals surface area contributed by atoms with E-state index >= 15 is 0 Å². The van der Waals surface area contributed by atoms with Crippen molar-refractivity contribution < 1.29 is 19.1 Å². The molecule has 0 saturated carbocycles. The Hall–Kier alpha value is -2.06. The van der Waals surface area contributed by atoms with Crippen LogP contribution in [-0.2, 0) is 16.0 Å². The zero-order valence-electron chi connectivity index (χ0n) is 15.0. The highest BCUT2D eigenvalue weighted by Crippen LogP contribution is 2.32. The Labute approximate surface area is 174 Å². The molecule has 0 spiro atoms. The molecule has 2 N–H and O–H groups in total. The molecule has 0 heterocycles. The molecule has 2 aromatic carbocycles. The maximum atomic E-state index is 11.8. The molecule has 144 valence electrons. The van der Waals surface area contributed by atoms with Crippen molar-refractivity contribution in [3.8, 4) is 11.5 Å². The van der Waals surface area contributed by atoms with Crippen molar-refractivity contribution in [1.82, 2.24) is 10.9 Å². The maximum absolute atomic E-state index is 11.8. The van der Waals surface area contributed by atoms with Crippen LogP contribution in [-0.4, -0.2) is 25.0 Å². The second-order valence-corrected chi connectivity index (χ2v) is 7.47. The minimum atomic E-state index is -0.482. The number of hydrazine groups is 1. The van der Waals surface area contributed by atoms with Crippen LogP contribution in [0.5, 0.6) is 11.5 Å². The van der Waals surface area contributed by atoms with E-state index in [1.165, 1.54) is 5.56 Å². The van der Waals surface area contributed by atoms with Crippen LogP contribution in [0.15, 0.2) is 45.3 Å². The van der Waals surface area contributed by atoms with E-state index in [4.69, 9.17) is 9.47 Å². The average Bonchev–Trinajstić information content (AvgIpc) is 2.64. The number of ether oxygens (including phenoxy) is 2. The monoisotopic (exact) mass is 498 g/mol. The van der Waals surface area contributed by atoms with Crippen molar-refractivity contribution in [2.24, 2.45) is 0 Å². The van der Waals surface area contributed by atoms with Gasteiger partial charge in [0.2, 0.25) is 0 Å². The Kier molecular flexibility index (Phi) is 8.12. The van der Waals surface area contributed by atoms with Crippen molar-refractivity contribution in [2.45, 2.75) is 20.3 Å². The fraction of sp³-hybridized carbons (Fsp3) is 0.263. The lowest BCUT2D eigenvalue weighted by molar-refractivity contribution is -0.131. The van der Waals surface area contributed by atoms with Crippen LogP contribution in [0.1, 0.15) is 18.1 Å². The van der Waals surface area contributed by atoms with Gasteiger partial charge >= 0.3 is 0 Å². The molecule has 0 aliphatic rings. The summed E-state index contributed by atoms with van der Waals surface area (Å²) in [6, 6.07) is 11.2. The molecule has 27 heavy (non-hydrogen) atoms. The number of hydrogen-bond acceptors (Lipinski definition) is 4. The number of hydrogen-bond donors (Lipinski definition) is 2. The number of amides is 2. The molecular formula is C19H20Br2N2O4. The Morgan fingerprint density at radius 3 is 2.11 bits per heavy atom. The van der Waals surface area contributed by atoms with Crippen molar-refractivity contribution in [3.05, 3.63) is 56.5 Å². The van der Waals surface area contributed by atoms with Gasteiger partial charge in [-0.3, -0.25) is 20.4 Å². The van der Waals surface area contributed by atoms with Crippen LogP contribution in [0.4, 0.5) is 0 Å². The first-order valence-electron chi connectivity index (χ1n) is 8.27. The Morgan fingerprint density at radius 2 is 1.56 bits per heavy atom. The lowest BCUT2D eigenvalue weighted by atomic mass is 10.2. The summed E-state index contributed by atoms with van der Waals surface area (Å²) in [7, 11) is 0. The van der Waals surface area contributed by atoms with Crippen LogP contribution in [0.25, 0.3) is 0 Å². The molecule has 0 aliphatic carbocycles. The molecule has 0 aliphatic heterocycles. The third-order valence-electron chi connectivity index (χ3n) is 3.58. The van der Waals surface area contributed by atoms with E-state index in [0.717, 1.165) is 20.9 Å². The van der Waals surface area contributed by atoms with Crippen molar-refractivity contribution in [2.75, 3.05) is 13.2 Å². The topological polar surface area (TPSA) is 76.7 Å². The lowest BCUT2D eigenvalue weighted by Gasteiger charge is -2.12. The smallest absolute Gasteiger partial charge is 0.276 e. The van der Waals surface area contributed by atoms with Gasteiger partial charge in [-0.25, -0.2) is 0 Å². The van der Waals surface area contributed by atoms with Gasteiger partial charge in [0.1, 0.15) is 11.5 Å². The van der Waals surface area contributed by atoms with Gasteiger partial charge in [0.15, 0.2) is 13.2 Å². The molecule has 0 atom stereocenters. The first-order valence-corrected chi connectivity index (χ1v) is 9.85. The highest BCUT2D eigenvalue weighted by atomic mass is 79.9. The summed E-state index contributed by atoms with van der Waals surface area (Å²) >= 11 is 6.77. The molecule has 2 aromatic rings. The SMILES string of the molecule is CCc1ccc(OCC(=O)NNC(=O)COc2c(C)cc(Br)cc2Br)cc1. The number of rotatable bonds is 7. The van der Waals surface area contributed by atoms with Crippen molar-refractivity contribution >= 4 is 43.7 Å². The van der Waals surface area contributed by atoms with Crippen molar-refractivity contribution in [3.63, 3.8) is 0 Å². The quantitative estimate of drug-likeness (QED) is 0.569. The predicted octanol–water partition coefficient (Wildman–Crippen LogP) is 3.69. The van der Waals surface area contributed by atoms with Gasteiger partial charge in [0, 0.05) is 4.47 Å². The Morgan fingerprint density at radius 1 is 0.963 bits per heavy atom. The fourth-order valence-corrected chi connectivity index (χ4v) is 3.74. The first-order chi connectivity index (χ1) is 12.9. The summed E-state index contributed by atoms with van der Waals surface area (Å²) in [6.07, 6.45) is 0.936. The standard InChI is InChI=1S/C19H20Br2N2O4/c1-3-13-4-6-15(7-5-13)26-10-17(24)22-23-18(25)11-27-19-12(2)8-14(20)9-16(19)21/h4-9H,3,10-11H2,1-2H3,(H,22,24)(H,23,25). The Bertz CT molecular complexity index is 787. The van der Waals surface area contributed by atoms with Crippen LogP contribution in [0.3, 0.4) is 0 Å². The van der Waals surface area contributed by atoms with Crippen molar-refractivity contribution in [1.29, 1.82) is 0 Å². The summed E-state index contributed by atoms with van der Waals surface area (Å²) in [6.45, 7) is 3.49. The van der Waals surface area contributed by atoms with Crippen LogP contribution >= 0.6 is 31.9 Å². The van der Waals surface area contributed by atoms with Gasteiger partial charge < -0.3 is 9.47 Å². The number of carbonyl (C=O) groups excluding carboxylic acids is 2. The average molecular weight is 500 g/mol. The zero-order valence-corrected chi connectivity index (χ0v) is 18.1. The third-order valence-corrected chi connectivity index (χ3v) is 4.63. The molecule has 0 bridgehead atoms. The molecule has 0 aromatic heterocycles. The highest BCUT2D eigenvalue weighted by Gasteiger charge is 2.11. The van der Waals surface area contributed by atoms with Gasteiger partial charge in [-0.05, 0) is 64.7 Å². The molecule has 0 fully saturated rings. The van der Waals surface area contributed by atoms with E-state index in [0.29, 0.717) is 11.5 Å². The summed E-state index contributed by atoms with van der Waals surface area (Å²) in [5.74, 6) is 0.208. The number of nitrogens with one attached hydrogen (secondary N) is 2. The van der Waals surface area contributed by atoms with Gasteiger partial charge in [-0.2, -0.15) is 0 Å². The van der Waals surface area contributed by atoms with Gasteiger partial charge in [0.25, 0.3) is 11.8 Å². The Balaban J connectivity index is 1.72. The minimum Gasteiger partial charge on any atom is -0.484 e. The summed E-state index contributed by atoms with van der Waals surface area (Å²) in [4.78, 5) is 23.6. The van der Waals surface area contributed by atoms with Crippen LogP contribution in [0, 0.1) is 6.92 Å². The molecule has 6 nitrogen and oxygen atoms in total. The largest absolute Gasteiger partial charge is 0.484 e.